The molecule has 0 amide bonds. The molecule has 134 valence electrons. The Kier molecular flexibility index (Phi) is 9.54. The average Bonchev–Trinajstić information content (AvgIpc) is 3.24. The summed E-state index contributed by atoms with van der Waals surface area (Å²) in [6, 6.07) is 0. The molecule has 0 aromatic carbocycles. The second kappa shape index (κ2) is 10.9. The van der Waals surface area contributed by atoms with Crippen LogP contribution in [0.25, 0.3) is 0 Å². The van der Waals surface area contributed by atoms with E-state index >= 15 is 0 Å². The zero-order valence-corrected chi connectivity index (χ0v) is 15.4. The number of rotatable bonds is 14. The number of allylic oxidation sites excluding steroid dienone is 1. The summed E-state index contributed by atoms with van der Waals surface area (Å²) >= 11 is 0. The molecule has 0 radical (unpaired) electrons. The summed E-state index contributed by atoms with van der Waals surface area (Å²) in [5.74, 6) is -0.686. The second-order valence-corrected chi connectivity index (χ2v) is 7.56. The Morgan fingerprint density at radius 1 is 1.04 bits per heavy atom. The van der Waals surface area contributed by atoms with Crippen molar-refractivity contribution in [3.05, 3.63) is 12.2 Å². The molecular formula is C20H36O3. The molecule has 23 heavy (non-hydrogen) atoms. The van der Waals surface area contributed by atoms with Crippen LogP contribution in [0, 0.1) is 5.41 Å². The van der Waals surface area contributed by atoms with Crippen LogP contribution >= 0.6 is 0 Å². The van der Waals surface area contributed by atoms with Gasteiger partial charge in [0.05, 0.1) is 17.6 Å². The summed E-state index contributed by atoms with van der Waals surface area (Å²) in [6.07, 6.45) is 18.2. The molecule has 1 aliphatic rings. The molecule has 1 rings (SSSR count). The summed E-state index contributed by atoms with van der Waals surface area (Å²) in [4.78, 5) is 11.0. The lowest BCUT2D eigenvalue weighted by Crippen LogP contribution is -2.23. The van der Waals surface area contributed by atoms with Crippen molar-refractivity contribution < 1.29 is 14.6 Å². The molecule has 1 N–H and O–H groups in total. The molecule has 0 saturated carbocycles. The SMILES string of the molecule is CCCCC/C=C\CC1OC1CCCCCCC(C)(C)C(=O)O. The third kappa shape index (κ3) is 9.14. The second-order valence-electron chi connectivity index (χ2n) is 7.56. The Morgan fingerprint density at radius 3 is 2.48 bits per heavy atom. The van der Waals surface area contributed by atoms with Gasteiger partial charge in [-0.05, 0) is 46.0 Å². The normalized spacial score (nSPS) is 21.0. The number of carboxylic acid groups (broad SMARTS) is 1. The van der Waals surface area contributed by atoms with Crippen LogP contribution in [0.15, 0.2) is 12.2 Å². The molecule has 0 spiro atoms. The third-order valence-corrected chi connectivity index (χ3v) is 4.82. The number of carboxylic acids is 1. The Hall–Kier alpha value is -0.830. The lowest BCUT2D eigenvalue weighted by molar-refractivity contribution is -0.147. The highest BCUT2D eigenvalue weighted by Crippen LogP contribution is 2.31. The van der Waals surface area contributed by atoms with Gasteiger partial charge in [0.2, 0.25) is 0 Å². The van der Waals surface area contributed by atoms with Gasteiger partial charge in [0.15, 0.2) is 0 Å². The van der Waals surface area contributed by atoms with E-state index in [4.69, 9.17) is 9.84 Å². The summed E-state index contributed by atoms with van der Waals surface area (Å²) in [5, 5.41) is 9.06. The van der Waals surface area contributed by atoms with E-state index in [1.165, 1.54) is 38.5 Å². The molecule has 3 heteroatoms. The van der Waals surface area contributed by atoms with Gasteiger partial charge in [0.1, 0.15) is 0 Å². The van der Waals surface area contributed by atoms with Crippen molar-refractivity contribution in [3.8, 4) is 0 Å². The van der Waals surface area contributed by atoms with E-state index in [0.717, 1.165) is 32.1 Å². The minimum Gasteiger partial charge on any atom is -0.481 e. The van der Waals surface area contributed by atoms with Crippen molar-refractivity contribution in [2.45, 2.75) is 104 Å². The Morgan fingerprint density at radius 2 is 1.78 bits per heavy atom. The van der Waals surface area contributed by atoms with Crippen LogP contribution < -0.4 is 0 Å². The van der Waals surface area contributed by atoms with Gasteiger partial charge in [-0.3, -0.25) is 4.79 Å². The maximum absolute atomic E-state index is 11.0. The number of aliphatic carboxylic acids is 1. The molecular weight excluding hydrogens is 288 g/mol. The van der Waals surface area contributed by atoms with E-state index in [0.29, 0.717) is 12.2 Å². The number of hydrogen-bond acceptors (Lipinski definition) is 2. The maximum atomic E-state index is 11.0. The van der Waals surface area contributed by atoms with E-state index < -0.39 is 11.4 Å². The van der Waals surface area contributed by atoms with Crippen molar-refractivity contribution >= 4 is 5.97 Å². The molecule has 1 aliphatic heterocycles. The standard InChI is InChI=1S/C20H36O3/c1-4-5-6-7-8-11-14-17-18(23-17)15-12-9-10-13-16-20(2,3)19(21)22/h8,11,17-18H,4-7,9-10,12-16H2,1-3H3,(H,21,22)/b11-8-. The van der Waals surface area contributed by atoms with Crippen LogP contribution in [0.5, 0.6) is 0 Å². The minimum atomic E-state index is -0.686. The number of ether oxygens (including phenoxy) is 1. The zero-order chi connectivity index (χ0) is 17.1. The molecule has 1 saturated heterocycles. The van der Waals surface area contributed by atoms with Crippen molar-refractivity contribution in [1.82, 2.24) is 0 Å². The molecule has 2 atom stereocenters. The van der Waals surface area contributed by atoms with E-state index in [2.05, 4.69) is 19.1 Å². The first kappa shape index (κ1) is 20.2. The molecule has 1 fully saturated rings. The molecule has 1 heterocycles. The molecule has 0 aliphatic carbocycles. The topological polar surface area (TPSA) is 49.8 Å². The van der Waals surface area contributed by atoms with Crippen LogP contribution in [0.2, 0.25) is 0 Å². The van der Waals surface area contributed by atoms with Crippen LogP contribution in [-0.4, -0.2) is 23.3 Å². The van der Waals surface area contributed by atoms with Crippen LogP contribution in [0.3, 0.4) is 0 Å². The molecule has 3 nitrogen and oxygen atoms in total. The predicted molar refractivity (Wildman–Crippen MR) is 95.7 cm³/mol. The first-order chi connectivity index (χ1) is 11.0. The summed E-state index contributed by atoms with van der Waals surface area (Å²) in [6.45, 7) is 5.86. The third-order valence-electron chi connectivity index (χ3n) is 4.82. The van der Waals surface area contributed by atoms with Gasteiger partial charge in [-0.25, -0.2) is 0 Å². The van der Waals surface area contributed by atoms with Crippen molar-refractivity contribution in [3.63, 3.8) is 0 Å². The van der Waals surface area contributed by atoms with Gasteiger partial charge < -0.3 is 9.84 Å². The highest BCUT2D eigenvalue weighted by molar-refractivity contribution is 5.73. The Labute approximate surface area is 142 Å². The van der Waals surface area contributed by atoms with Crippen LogP contribution in [0.4, 0.5) is 0 Å². The fourth-order valence-electron chi connectivity index (χ4n) is 2.87. The highest BCUT2D eigenvalue weighted by Gasteiger charge is 2.36. The first-order valence-electron chi connectivity index (χ1n) is 9.51. The Balaban J connectivity index is 1.91. The van der Waals surface area contributed by atoms with E-state index in [-0.39, 0.29) is 0 Å². The monoisotopic (exact) mass is 324 g/mol. The van der Waals surface area contributed by atoms with E-state index in [9.17, 15) is 4.79 Å². The Bertz CT molecular complexity index is 360. The highest BCUT2D eigenvalue weighted by atomic mass is 16.6. The quantitative estimate of drug-likeness (QED) is 0.252. The average molecular weight is 325 g/mol. The van der Waals surface area contributed by atoms with Crippen molar-refractivity contribution in [1.29, 1.82) is 0 Å². The fraction of sp³-hybridized carbons (Fsp3) is 0.850. The van der Waals surface area contributed by atoms with Crippen LogP contribution in [0.1, 0.15) is 91.4 Å². The molecule has 2 unspecified atom stereocenters. The molecule has 0 bridgehead atoms. The smallest absolute Gasteiger partial charge is 0.309 e. The first-order valence-corrected chi connectivity index (χ1v) is 9.51. The summed E-state index contributed by atoms with van der Waals surface area (Å²) < 4.78 is 5.71. The summed E-state index contributed by atoms with van der Waals surface area (Å²) in [7, 11) is 0. The summed E-state index contributed by atoms with van der Waals surface area (Å²) in [5.41, 5.74) is -0.575. The number of carbonyl (C=O) groups is 1. The van der Waals surface area contributed by atoms with Crippen molar-refractivity contribution in [2.75, 3.05) is 0 Å². The minimum absolute atomic E-state index is 0.461. The number of unbranched alkanes of at least 4 members (excludes halogenated alkanes) is 6. The zero-order valence-electron chi connectivity index (χ0n) is 15.4. The number of hydrogen-bond donors (Lipinski definition) is 1. The predicted octanol–water partition coefficient (Wildman–Crippen LogP) is 5.73. The van der Waals surface area contributed by atoms with Crippen LogP contribution in [-0.2, 0) is 9.53 Å². The fourth-order valence-corrected chi connectivity index (χ4v) is 2.87. The van der Waals surface area contributed by atoms with Gasteiger partial charge in [0, 0.05) is 0 Å². The van der Waals surface area contributed by atoms with Gasteiger partial charge in [-0.2, -0.15) is 0 Å². The number of epoxide rings is 1. The van der Waals surface area contributed by atoms with E-state index in [1.807, 2.05) is 13.8 Å². The maximum Gasteiger partial charge on any atom is 0.309 e. The molecule has 0 aromatic rings. The van der Waals surface area contributed by atoms with Gasteiger partial charge in [-0.15, -0.1) is 0 Å². The molecule has 0 aromatic heterocycles. The largest absolute Gasteiger partial charge is 0.481 e. The lowest BCUT2D eigenvalue weighted by Gasteiger charge is -2.18. The lowest BCUT2D eigenvalue weighted by atomic mass is 9.87. The van der Waals surface area contributed by atoms with Gasteiger partial charge >= 0.3 is 5.97 Å². The van der Waals surface area contributed by atoms with Crippen molar-refractivity contribution in [2.24, 2.45) is 5.41 Å². The van der Waals surface area contributed by atoms with Gasteiger partial charge in [0.25, 0.3) is 0 Å². The van der Waals surface area contributed by atoms with Gasteiger partial charge in [-0.1, -0.05) is 57.6 Å². The van der Waals surface area contributed by atoms with E-state index in [1.54, 1.807) is 0 Å².